The van der Waals surface area contributed by atoms with Crippen molar-refractivity contribution >= 4 is 28.5 Å². The molecule has 0 saturated carbocycles. The summed E-state index contributed by atoms with van der Waals surface area (Å²) >= 11 is 0. The highest BCUT2D eigenvalue weighted by Crippen LogP contribution is 2.27. The van der Waals surface area contributed by atoms with Crippen LogP contribution in [0, 0.1) is 10.1 Å². The molecule has 1 N–H and O–H groups in total. The molecule has 7 nitrogen and oxygen atoms in total. The summed E-state index contributed by atoms with van der Waals surface area (Å²) in [5.74, 6) is 1.22. The summed E-state index contributed by atoms with van der Waals surface area (Å²) in [4.78, 5) is 14.0. The molecule has 7 heteroatoms. The zero-order chi connectivity index (χ0) is 16.9. The Kier molecular flexibility index (Phi) is 4.33. The predicted molar refractivity (Wildman–Crippen MR) is 92.6 cm³/mol. The zero-order valence-electron chi connectivity index (χ0n) is 12.8. The van der Waals surface area contributed by atoms with E-state index in [1.807, 2.05) is 36.4 Å². The van der Waals surface area contributed by atoms with Crippen molar-refractivity contribution < 1.29 is 9.66 Å². The van der Waals surface area contributed by atoms with Crippen molar-refractivity contribution in [2.45, 2.75) is 0 Å². The highest BCUT2D eigenvalue weighted by molar-refractivity contribution is 6.02. The first-order chi connectivity index (χ1) is 11.7. The van der Waals surface area contributed by atoms with Crippen molar-refractivity contribution in [3.05, 3.63) is 70.4 Å². The summed E-state index contributed by atoms with van der Waals surface area (Å²) in [6.07, 6.45) is 2.85. The number of methoxy groups -OCH3 is 1. The number of nitro groups is 1. The van der Waals surface area contributed by atoms with E-state index in [-0.39, 0.29) is 5.69 Å². The number of benzene rings is 2. The lowest BCUT2D eigenvalue weighted by Crippen LogP contribution is -1.96. The molecule has 0 atom stereocenters. The van der Waals surface area contributed by atoms with Gasteiger partial charge in [0.15, 0.2) is 0 Å². The van der Waals surface area contributed by atoms with Crippen LogP contribution in [0.5, 0.6) is 5.75 Å². The van der Waals surface area contributed by atoms with E-state index >= 15 is 0 Å². The van der Waals surface area contributed by atoms with E-state index in [1.54, 1.807) is 13.3 Å². The molecule has 24 heavy (non-hydrogen) atoms. The summed E-state index contributed by atoms with van der Waals surface area (Å²) in [7, 11) is 1.64. The number of hydrogen-bond acceptors (Lipinski definition) is 6. The molecule has 1 heterocycles. The Labute approximate surface area is 137 Å². The van der Waals surface area contributed by atoms with Crippen molar-refractivity contribution in [1.29, 1.82) is 0 Å². The van der Waals surface area contributed by atoms with Gasteiger partial charge in [0.05, 0.1) is 18.2 Å². The van der Waals surface area contributed by atoms with Crippen molar-refractivity contribution in [2.24, 2.45) is 5.10 Å². The largest absolute Gasteiger partial charge is 0.496 e. The number of hydrazone groups is 1. The summed E-state index contributed by atoms with van der Waals surface area (Å²) in [6.45, 7) is 0. The van der Waals surface area contributed by atoms with E-state index in [0.29, 0.717) is 5.82 Å². The zero-order valence-corrected chi connectivity index (χ0v) is 12.8. The Bertz CT molecular complexity index is 907. The molecule has 0 unspecified atom stereocenters. The fraction of sp³-hybridized carbons (Fsp3) is 0.0588. The van der Waals surface area contributed by atoms with Gasteiger partial charge in [-0.3, -0.25) is 15.5 Å². The quantitative estimate of drug-likeness (QED) is 0.440. The molecule has 3 aromatic rings. The number of ether oxygens (including phenoxy) is 1. The molecule has 0 aliphatic carbocycles. The number of aromatic nitrogens is 1. The third-order valence-electron chi connectivity index (χ3n) is 3.48. The van der Waals surface area contributed by atoms with Gasteiger partial charge in [-0.05, 0) is 23.6 Å². The van der Waals surface area contributed by atoms with Gasteiger partial charge < -0.3 is 4.74 Å². The van der Waals surface area contributed by atoms with Gasteiger partial charge in [-0.2, -0.15) is 5.10 Å². The third kappa shape index (κ3) is 3.14. The number of hydrogen-bond donors (Lipinski definition) is 1. The fourth-order valence-corrected chi connectivity index (χ4v) is 2.31. The molecule has 0 spiro atoms. The minimum atomic E-state index is -0.496. The molecular formula is C17H14N4O3. The van der Waals surface area contributed by atoms with Crippen LogP contribution in [0.4, 0.5) is 11.5 Å². The molecule has 0 bridgehead atoms. The van der Waals surface area contributed by atoms with Crippen molar-refractivity contribution in [1.82, 2.24) is 4.98 Å². The van der Waals surface area contributed by atoms with Crippen LogP contribution in [0.1, 0.15) is 5.56 Å². The SMILES string of the molecule is COc1ccc(/C=N/Nc2ccc([N+](=O)[O-])cn2)c2ccccc12. The van der Waals surface area contributed by atoms with E-state index in [9.17, 15) is 10.1 Å². The molecular weight excluding hydrogens is 308 g/mol. The van der Waals surface area contributed by atoms with Crippen LogP contribution in [0.3, 0.4) is 0 Å². The molecule has 1 aromatic heterocycles. The average molecular weight is 322 g/mol. The highest BCUT2D eigenvalue weighted by atomic mass is 16.6. The molecule has 0 aliphatic rings. The van der Waals surface area contributed by atoms with Gasteiger partial charge in [0.1, 0.15) is 17.8 Å². The van der Waals surface area contributed by atoms with Gasteiger partial charge in [0.25, 0.3) is 5.69 Å². The lowest BCUT2D eigenvalue weighted by atomic mass is 10.0. The number of fused-ring (bicyclic) bond motifs is 1. The topological polar surface area (TPSA) is 89.6 Å². The molecule has 2 aromatic carbocycles. The predicted octanol–water partition coefficient (Wildman–Crippen LogP) is 3.60. The molecule has 0 radical (unpaired) electrons. The second-order valence-corrected chi connectivity index (χ2v) is 4.93. The van der Waals surface area contributed by atoms with Gasteiger partial charge in [-0.15, -0.1) is 0 Å². The third-order valence-corrected chi connectivity index (χ3v) is 3.48. The first-order valence-corrected chi connectivity index (χ1v) is 7.14. The summed E-state index contributed by atoms with van der Waals surface area (Å²) in [5.41, 5.74) is 3.61. The molecule has 0 aliphatic heterocycles. The number of pyridine rings is 1. The van der Waals surface area contributed by atoms with E-state index in [4.69, 9.17) is 4.74 Å². The maximum absolute atomic E-state index is 10.6. The maximum Gasteiger partial charge on any atom is 0.287 e. The van der Waals surface area contributed by atoms with Crippen LogP contribution >= 0.6 is 0 Å². The van der Waals surface area contributed by atoms with Crippen LogP contribution in [-0.4, -0.2) is 23.2 Å². The smallest absolute Gasteiger partial charge is 0.287 e. The molecule has 0 amide bonds. The Morgan fingerprint density at radius 3 is 2.62 bits per heavy atom. The van der Waals surface area contributed by atoms with Crippen LogP contribution in [-0.2, 0) is 0 Å². The standard InChI is InChI=1S/C17H14N4O3/c1-24-16-8-6-12(14-4-2-3-5-15(14)16)10-19-20-17-9-7-13(11-18-17)21(22)23/h2-11H,1H3,(H,18,20)/b19-10+. The number of rotatable bonds is 5. The Balaban J connectivity index is 1.82. The molecule has 3 rings (SSSR count). The first kappa shape index (κ1) is 15.4. The maximum atomic E-state index is 10.6. The van der Waals surface area contributed by atoms with E-state index < -0.39 is 4.92 Å². The van der Waals surface area contributed by atoms with E-state index in [0.717, 1.165) is 22.1 Å². The lowest BCUT2D eigenvalue weighted by Gasteiger charge is -2.07. The van der Waals surface area contributed by atoms with E-state index in [1.165, 1.54) is 18.3 Å². The van der Waals surface area contributed by atoms with Gasteiger partial charge in [-0.1, -0.05) is 24.3 Å². The van der Waals surface area contributed by atoms with Gasteiger partial charge in [-0.25, -0.2) is 4.98 Å². The Morgan fingerprint density at radius 1 is 1.17 bits per heavy atom. The van der Waals surface area contributed by atoms with Crippen molar-refractivity contribution in [2.75, 3.05) is 12.5 Å². The van der Waals surface area contributed by atoms with Gasteiger partial charge in [0.2, 0.25) is 0 Å². The van der Waals surface area contributed by atoms with Crippen LogP contribution in [0.25, 0.3) is 10.8 Å². The number of nitrogens with zero attached hydrogens (tertiary/aromatic N) is 3. The van der Waals surface area contributed by atoms with E-state index in [2.05, 4.69) is 15.5 Å². The lowest BCUT2D eigenvalue weighted by molar-refractivity contribution is -0.385. The highest BCUT2D eigenvalue weighted by Gasteiger charge is 2.05. The van der Waals surface area contributed by atoms with Crippen LogP contribution in [0.15, 0.2) is 59.8 Å². The number of nitrogens with one attached hydrogen (secondary N) is 1. The first-order valence-electron chi connectivity index (χ1n) is 7.14. The molecule has 120 valence electrons. The van der Waals surface area contributed by atoms with Crippen molar-refractivity contribution in [3.63, 3.8) is 0 Å². The van der Waals surface area contributed by atoms with Crippen LogP contribution in [0.2, 0.25) is 0 Å². The minimum absolute atomic E-state index is 0.0642. The Hall–Kier alpha value is -3.48. The van der Waals surface area contributed by atoms with Crippen molar-refractivity contribution in [3.8, 4) is 5.75 Å². The molecule has 0 fully saturated rings. The summed E-state index contributed by atoms with van der Waals surface area (Å²) in [5, 5.41) is 16.7. The average Bonchev–Trinajstić information content (AvgIpc) is 2.62. The summed E-state index contributed by atoms with van der Waals surface area (Å²) < 4.78 is 5.36. The summed E-state index contributed by atoms with van der Waals surface area (Å²) in [6, 6.07) is 14.5. The second kappa shape index (κ2) is 6.74. The fourth-order valence-electron chi connectivity index (χ4n) is 2.31. The normalized spacial score (nSPS) is 10.9. The monoisotopic (exact) mass is 322 g/mol. The van der Waals surface area contributed by atoms with Gasteiger partial charge >= 0.3 is 0 Å². The van der Waals surface area contributed by atoms with Gasteiger partial charge in [0, 0.05) is 17.0 Å². The second-order valence-electron chi connectivity index (χ2n) is 4.93. The van der Waals surface area contributed by atoms with Crippen LogP contribution < -0.4 is 10.2 Å². The molecule has 0 saturated heterocycles. The number of anilines is 1. The Morgan fingerprint density at radius 2 is 1.96 bits per heavy atom. The minimum Gasteiger partial charge on any atom is -0.496 e.